The Hall–Kier alpha value is -1.51. The number of hydrogen-bond acceptors (Lipinski definition) is 1. The van der Waals surface area contributed by atoms with Crippen molar-refractivity contribution in [3.05, 3.63) is 68.7 Å². The number of carbonyl (C=O) groups excluding carboxylic acids is 1. The summed E-state index contributed by atoms with van der Waals surface area (Å²) in [6, 6.07) is 11.8. The van der Waals surface area contributed by atoms with E-state index in [1.54, 1.807) is 12.1 Å². The number of benzene rings is 2. The lowest BCUT2D eigenvalue weighted by Crippen LogP contribution is -2.28. The third-order valence-corrected chi connectivity index (χ3v) is 4.90. The minimum absolute atomic E-state index is 0.0334. The fraction of sp³-hybridized carbons (Fsp3) is 0.350. The first-order valence-corrected chi connectivity index (χ1v) is 8.96. The van der Waals surface area contributed by atoms with Crippen LogP contribution in [0.4, 0.5) is 0 Å². The molecule has 0 heterocycles. The lowest BCUT2D eigenvalue weighted by atomic mass is 9.99. The van der Waals surface area contributed by atoms with Crippen molar-refractivity contribution in [2.45, 2.75) is 46.1 Å². The van der Waals surface area contributed by atoms with E-state index in [0.717, 1.165) is 17.5 Å². The van der Waals surface area contributed by atoms with Crippen LogP contribution in [0.25, 0.3) is 0 Å². The van der Waals surface area contributed by atoms with Crippen LogP contribution in [-0.4, -0.2) is 5.91 Å². The molecule has 0 bridgehead atoms. The smallest absolute Gasteiger partial charge is 0.220 e. The first-order valence-electron chi connectivity index (χ1n) is 8.21. The zero-order valence-electron chi connectivity index (χ0n) is 14.3. The molecule has 0 radical (unpaired) electrons. The first-order chi connectivity index (χ1) is 11.4. The zero-order valence-corrected chi connectivity index (χ0v) is 15.8. The third kappa shape index (κ3) is 4.99. The third-order valence-electron chi connectivity index (χ3n) is 4.31. The summed E-state index contributed by atoms with van der Waals surface area (Å²) in [6.45, 7) is 6.26. The van der Waals surface area contributed by atoms with Crippen LogP contribution < -0.4 is 5.32 Å². The lowest BCUT2D eigenvalue weighted by molar-refractivity contribution is -0.121. The van der Waals surface area contributed by atoms with Gasteiger partial charge in [-0.25, -0.2) is 0 Å². The molecule has 0 saturated heterocycles. The van der Waals surface area contributed by atoms with E-state index in [2.05, 4.69) is 44.3 Å². The number of hydrogen-bond donors (Lipinski definition) is 1. The SMILES string of the molecule is CC[C@H](NC(=O)CCc1ccc(Cl)cc1Cl)c1ccc(C)c(C)c1. The molecule has 0 saturated carbocycles. The molecule has 0 unspecified atom stereocenters. The highest BCUT2D eigenvalue weighted by molar-refractivity contribution is 6.35. The number of rotatable bonds is 6. The van der Waals surface area contributed by atoms with Gasteiger partial charge in [-0.15, -0.1) is 0 Å². The summed E-state index contributed by atoms with van der Waals surface area (Å²) in [5.41, 5.74) is 4.60. The normalized spacial score (nSPS) is 12.0. The largest absolute Gasteiger partial charge is 0.349 e. The van der Waals surface area contributed by atoms with Gasteiger partial charge in [0.1, 0.15) is 0 Å². The topological polar surface area (TPSA) is 29.1 Å². The predicted molar refractivity (Wildman–Crippen MR) is 102 cm³/mol. The molecule has 24 heavy (non-hydrogen) atoms. The van der Waals surface area contributed by atoms with Crippen molar-refractivity contribution in [1.82, 2.24) is 5.32 Å². The molecule has 0 aliphatic rings. The molecule has 128 valence electrons. The number of aryl methyl sites for hydroxylation is 3. The molecular formula is C20H23Cl2NO. The molecule has 0 aromatic heterocycles. The van der Waals surface area contributed by atoms with Crippen molar-refractivity contribution in [2.75, 3.05) is 0 Å². The monoisotopic (exact) mass is 363 g/mol. The van der Waals surface area contributed by atoms with Gasteiger partial charge in [-0.1, -0.05) is 54.4 Å². The fourth-order valence-corrected chi connectivity index (χ4v) is 3.14. The molecule has 2 aromatic carbocycles. The van der Waals surface area contributed by atoms with Gasteiger partial charge in [-0.2, -0.15) is 0 Å². The Balaban J connectivity index is 1.97. The van der Waals surface area contributed by atoms with Crippen molar-refractivity contribution in [3.63, 3.8) is 0 Å². The molecule has 4 heteroatoms. The molecule has 0 fully saturated rings. The molecule has 2 rings (SSSR count). The van der Waals surface area contributed by atoms with Gasteiger partial charge in [0.15, 0.2) is 0 Å². The summed E-state index contributed by atoms with van der Waals surface area (Å²) in [5.74, 6) is 0.0334. The minimum atomic E-state index is 0.0334. The maximum absolute atomic E-state index is 12.3. The van der Waals surface area contributed by atoms with E-state index in [1.165, 1.54) is 11.1 Å². The second-order valence-corrected chi connectivity index (χ2v) is 6.95. The second-order valence-electron chi connectivity index (χ2n) is 6.11. The van der Waals surface area contributed by atoms with E-state index < -0.39 is 0 Å². The Labute approximate surface area is 154 Å². The molecule has 0 aliphatic carbocycles. The quantitative estimate of drug-likeness (QED) is 0.688. The maximum Gasteiger partial charge on any atom is 0.220 e. The van der Waals surface area contributed by atoms with Gasteiger partial charge in [0, 0.05) is 16.5 Å². The molecule has 2 aromatic rings. The summed E-state index contributed by atoms with van der Waals surface area (Å²) in [5, 5.41) is 4.34. The number of nitrogens with one attached hydrogen (secondary N) is 1. The van der Waals surface area contributed by atoms with Gasteiger partial charge in [0.25, 0.3) is 0 Å². The Morgan fingerprint density at radius 2 is 1.83 bits per heavy atom. The number of halogens is 2. The summed E-state index contributed by atoms with van der Waals surface area (Å²) in [4.78, 5) is 12.3. The van der Waals surface area contributed by atoms with Crippen molar-refractivity contribution in [3.8, 4) is 0 Å². The van der Waals surface area contributed by atoms with Crippen LogP contribution in [-0.2, 0) is 11.2 Å². The van der Waals surface area contributed by atoms with E-state index in [-0.39, 0.29) is 11.9 Å². The van der Waals surface area contributed by atoms with Gasteiger partial charge < -0.3 is 5.32 Å². The molecule has 1 amide bonds. The molecule has 1 N–H and O–H groups in total. The van der Waals surface area contributed by atoms with Crippen molar-refractivity contribution >= 4 is 29.1 Å². The fourth-order valence-electron chi connectivity index (χ4n) is 2.64. The van der Waals surface area contributed by atoms with Crippen molar-refractivity contribution < 1.29 is 4.79 Å². The predicted octanol–water partition coefficient (Wildman–Crippen LogP) is 5.81. The van der Waals surface area contributed by atoms with Gasteiger partial charge >= 0.3 is 0 Å². The van der Waals surface area contributed by atoms with E-state index in [0.29, 0.717) is 22.9 Å². The molecule has 0 spiro atoms. The van der Waals surface area contributed by atoms with Crippen molar-refractivity contribution in [1.29, 1.82) is 0 Å². The summed E-state index contributed by atoms with van der Waals surface area (Å²) in [6.07, 6.45) is 1.86. The summed E-state index contributed by atoms with van der Waals surface area (Å²) in [7, 11) is 0. The van der Waals surface area contributed by atoms with Crippen LogP contribution in [0.5, 0.6) is 0 Å². The maximum atomic E-state index is 12.3. The molecular weight excluding hydrogens is 341 g/mol. The first kappa shape index (κ1) is 18.8. The highest BCUT2D eigenvalue weighted by atomic mass is 35.5. The van der Waals surface area contributed by atoms with Gasteiger partial charge in [0.2, 0.25) is 5.91 Å². The summed E-state index contributed by atoms with van der Waals surface area (Å²) >= 11 is 12.1. The van der Waals surface area contributed by atoms with Gasteiger partial charge in [-0.3, -0.25) is 4.79 Å². The number of amides is 1. The van der Waals surface area contributed by atoms with Crippen LogP contribution in [0.3, 0.4) is 0 Å². The van der Waals surface area contributed by atoms with E-state index >= 15 is 0 Å². The van der Waals surface area contributed by atoms with Crippen molar-refractivity contribution in [2.24, 2.45) is 0 Å². The van der Waals surface area contributed by atoms with Crippen LogP contribution in [0, 0.1) is 13.8 Å². The average molecular weight is 364 g/mol. The Morgan fingerprint density at radius 3 is 2.46 bits per heavy atom. The lowest BCUT2D eigenvalue weighted by Gasteiger charge is -2.19. The van der Waals surface area contributed by atoms with Crippen LogP contribution >= 0.6 is 23.2 Å². The van der Waals surface area contributed by atoms with E-state index in [4.69, 9.17) is 23.2 Å². The molecule has 2 nitrogen and oxygen atoms in total. The van der Waals surface area contributed by atoms with Crippen LogP contribution in [0.2, 0.25) is 10.0 Å². The molecule has 1 atom stereocenters. The Bertz CT molecular complexity index is 728. The Morgan fingerprint density at radius 1 is 1.08 bits per heavy atom. The molecule has 0 aliphatic heterocycles. The highest BCUT2D eigenvalue weighted by Crippen LogP contribution is 2.23. The average Bonchev–Trinajstić information content (AvgIpc) is 2.54. The van der Waals surface area contributed by atoms with E-state index in [1.807, 2.05) is 6.07 Å². The minimum Gasteiger partial charge on any atom is -0.349 e. The second kappa shape index (κ2) is 8.55. The standard InChI is InChI=1S/C20H23Cl2NO/c1-4-19(16-6-5-13(2)14(3)11-16)23-20(24)10-8-15-7-9-17(21)12-18(15)22/h5-7,9,11-12,19H,4,8,10H2,1-3H3,(H,23,24)/t19-/m0/s1. The van der Waals surface area contributed by atoms with E-state index in [9.17, 15) is 4.79 Å². The summed E-state index contributed by atoms with van der Waals surface area (Å²) < 4.78 is 0. The van der Waals surface area contributed by atoms with Crippen LogP contribution in [0.15, 0.2) is 36.4 Å². The number of carbonyl (C=O) groups is 1. The van der Waals surface area contributed by atoms with Gasteiger partial charge in [-0.05, 0) is 61.1 Å². The highest BCUT2D eigenvalue weighted by Gasteiger charge is 2.14. The zero-order chi connectivity index (χ0) is 17.7. The Kier molecular flexibility index (Phi) is 6.70. The van der Waals surface area contributed by atoms with Crippen LogP contribution in [0.1, 0.15) is 48.1 Å². The van der Waals surface area contributed by atoms with Gasteiger partial charge in [0.05, 0.1) is 6.04 Å².